The minimum absolute atomic E-state index is 0.258. The van der Waals surface area contributed by atoms with Crippen LogP contribution in [0.3, 0.4) is 0 Å². The van der Waals surface area contributed by atoms with Crippen molar-refractivity contribution < 1.29 is 28.2 Å². The van der Waals surface area contributed by atoms with E-state index in [4.69, 9.17) is 9.84 Å². The fourth-order valence-corrected chi connectivity index (χ4v) is 1.37. The molecule has 0 saturated heterocycles. The van der Waals surface area contributed by atoms with Crippen LogP contribution in [-0.4, -0.2) is 49.3 Å². The Hall–Kier alpha value is -2.22. The predicted octanol–water partition coefficient (Wildman–Crippen LogP) is 1.77. The SMILES string of the molecule is COCCN(C)C(=O)Nc1cc(F)c(F)cc1C(=O)O. The van der Waals surface area contributed by atoms with Gasteiger partial charge in [0.2, 0.25) is 0 Å². The standard InChI is InChI=1S/C12H14F2N2O4/c1-16(3-4-20-2)12(19)15-10-6-9(14)8(13)5-7(10)11(17)18/h5-6H,3-4H2,1-2H3,(H,15,19)(H,17,18). The lowest BCUT2D eigenvalue weighted by Crippen LogP contribution is -2.34. The van der Waals surface area contributed by atoms with Crippen molar-refractivity contribution in [2.45, 2.75) is 0 Å². The molecule has 0 aliphatic carbocycles. The van der Waals surface area contributed by atoms with Gasteiger partial charge < -0.3 is 20.1 Å². The number of amides is 2. The van der Waals surface area contributed by atoms with Crippen molar-refractivity contribution in [2.24, 2.45) is 0 Å². The van der Waals surface area contributed by atoms with Crippen LogP contribution in [0.4, 0.5) is 19.3 Å². The van der Waals surface area contributed by atoms with E-state index in [0.717, 1.165) is 0 Å². The highest BCUT2D eigenvalue weighted by atomic mass is 19.2. The van der Waals surface area contributed by atoms with E-state index in [1.807, 2.05) is 0 Å². The Labute approximate surface area is 113 Å². The van der Waals surface area contributed by atoms with Gasteiger partial charge in [0.15, 0.2) is 11.6 Å². The Balaban J connectivity index is 2.93. The third kappa shape index (κ3) is 3.89. The van der Waals surface area contributed by atoms with Gasteiger partial charge in [0.1, 0.15) is 0 Å². The minimum Gasteiger partial charge on any atom is -0.478 e. The number of nitrogens with zero attached hydrogens (tertiary/aromatic N) is 1. The molecule has 20 heavy (non-hydrogen) atoms. The van der Waals surface area contributed by atoms with Gasteiger partial charge in [-0.05, 0) is 6.07 Å². The summed E-state index contributed by atoms with van der Waals surface area (Å²) < 4.78 is 30.9. The summed E-state index contributed by atoms with van der Waals surface area (Å²) in [5, 5.41) is 11.1. The number of ether oxygens (including phenoxy) is 1. The van der Waals surface area contributed by atoms with Crippen LogP contribution in [0.15, 0.2) is 12.1 Å². The Bertz CT molecular complexity index is 522. The topological polar surface area (TPSA) is 78.9 Å². The van der Waals surface area contributed by atoms with Gasteiger partial charge in [-0.25, -0.2) is 18.4 Å². The number of rotatable bonds is 5. The maximum Gasteiger partial charge on any atom is 0.337 e. The zero-order valence-corrected chi connectivity index (χ0v) is 10.9. The number of nitrogens with one attached hydrogen (secondary N) is 1. The number of likely N-dealkylation sites (N-methyl/N-ethyl adjacent to an activating group) is 1. The molecule has 0 heterocycles. The summed E-state index contributed by atoms with van der Waals surface area (Å²) in [5.41, 5.74) is -0.844. The van der Waals surface area contributed by atoms with Gasteiger partial charge in [-0.3, -0.25) is 0 Å². The van der Waals surface area contributed by atoms with Crippen LogP contribution in [0.25, 0.3) is 0 Å². The van der Waals surface area contributed by atoms with E-state index in [2.05, 4.69) is 5.32 Å². The number of aromatic carboxylic acids is 1. The molecule has 0 bridgehead atoms. The largest absolute Gasteiger partial charge is 0.478 e. The van der Waals surface area contributed by atoms with Gasteiger partial charge in [-0.15, -0.1) is 0 Å². The van der Waals surface area contributed by atoms with E-state index in [1.54, 1.807) is 0 Å². The van der Waals surface area contributed by atoms with Gasteiger partial charge in [-0.1, -0.05) is 0 Å². The number of benzene rings is 1. The number of anilines is 1. The Morgan fingerprint density at radius 3 is 2.50 bits per heavy atom. The van der Waals surface area contributed by atoms with E-state index < -0.39 is 29.2 Å². The monoisotopic (exact) mass is 288 g/mol. The molecule has 0 spiro atoms. The molecule has 0 fully saturated rings. The Morgan fingerprint density at radius 1 is 1.35 bits per heavy atom. The number of halogens is 2. The summed E-state index contributed by atoms with van der Waals surface area (Å²) in [7, 11) is 2.91. The van der Waals surface area contributed by atoms with Crippen molar-refractivity contribution in [3.8, 4) is 0 Å². The molecule has 8 heteroatoms. The first-order valence-corrected chi connectivity index (χ1v) is 5.60. The molecule has 0 atom stereocenters. The molecule has 2 amide bonds. The fraction of sp³-hybridized carbons (Fsp3) is 0.333. The van der Waals surface area contributed by atoms with Crippen LogP contribution >= 0.6 is 0 Å². The molecule has 2 N–H and O–H groups in total. The molecule has 0 aromatic heterocycles. The smallest absolute Gasteiger partial charge is 0.337 e. The number of urea groups is 1. The number of hydrogen-bond acceptors (Lipinski definition) is 3. The Morgan fingerprint density at radius 2 is 1.95 bits per heavy atom. The van der Waals surface area contributed by atoms with E-state index in [0.29, 0.717) is 12.1 Å². The number of hydrogen-bond donors (Lipinski definition) is 2. The third-order valence-corrected chi connectivity index (χ3v) is 2.51. The van der Waals surface area contributed by atoms with Crippen LogP contribution in [0, 0.1) is 11.6 Å². The molecule has 1 aromatic carbocycles. The van der Waals surface area contributed by atoms with Crippen molar-refractivity contribution >= 4 is 17.7 Å². The van der Waals surface area contributed by atoms with Crippen molar-refractivity contribution in [1.29, 1.82) is 0 Å². The number of carboxylic acids is 1. The molecule has 0 radical (unpaired) electrons. The molecule has 0 unspecified atom stereocenters. The summed E-state index contributed by atoms with van der Waals surface area (Å²) in [6.45, 7) is 0.544. The second kappa shape index (κ2) is 6.80. The predicted molar refractivity (Wildman–Crippen MR) is 66.8 cm³/mol. The van der Waals surface area contributed by atoms with E-state index >= 15 is 0 Å². The summed E-state index contributed by atoms with van der Waals surface area (Å²) in [5.74, 6) is -4.02. The summed E-state index contributed by atoms with van der Waals surface area (Å²) in [6, 6.07) is 0.485. The second-order valence-corrected chi connectivity index (χ2v) is 3.96. The van der Waals surface area contributed by atoms with Crippen molar-refractivity contribution in [3.05, 3.63) is 29.3 Å². The van der Waals surface area contributed by atoms with Crippen LogP contribution in [-0.2, 0) is 4.74 Å². The van der Waals surface area contributed by atoms with E-state index in [1.165, 1.54) is 19.1 Å². The average molecular weight is 288 g/mol. The maximum atomic E-state index is 13.1. The van der Waals surface area contributed by atoms with Crippen LogP contribution in [0.2, 0.25) is 0 Å². The van der Waals surface area contributed by atoms with Crippen LogP contribution in [0.5, 0.6) is 0 Å². The zero-order chi connectivity index (χ0) is 15.3. The van der Waals surface area contributed by atoms with Crippen molar-refractivity contribution in [1.82, 2.24) is 4.90 Å². The molecule has 0 saturated carbocycles. The maximum absolute atomic E-state index is 13.1. The molecule has 6 nitrogen and oxygen atoms in total. The normalized spacial score (nSPS) is 10.2. The van der Waals surface area contributed by atoms with E-state index in [9.17, 15) is 18.4 Å². The number of carbonyl (C=O) groups excluding carboxylic acids is 1. The highest BCUT2D eigenvalue weighted by Crippen LogP contribution is 2.20. The molecule has 1 rings (SSSR count). The molecule has 0 aliphatic heterocycles. The summed E-state index contributed by atoms with van der Waals surface area (Å²) in [6.07, 6.45) is 0. The second-order valence-electron chi connectivity index (χ2n) is 3.96. The number of carbonyl (C=O) groups is 2. The number of carboxylic acid groups (broad SMARTS) is 1. The molecular weight excluding hydrogens is 274 g/mol. The van der Waals surface area contributed by atoms with E-state index in [-0.39, 0.29) is 18.8 Å². The van der Waals surface area contributed by atoms with Gasteiger partial charge >= 0.3 is 12.0 Å². The molecule has 110 valence electrons. The van der Waals surface area contributed by atoms with Crippen LogP contribution in [0.1, 0.15) is 10.4 Å². The first kappa shape index (κ1) is 15.8. The lowest BCUT2D eigenvalue weighted by atomic mass is 10.1. The van der Waals surface area contributed by atoms with Crippen LogP contribution < -0.4 is 5.32 Å². The van der Waals surface area contributed by atoms with Crippen molar-refractivity contribution in [3.63, 3.8) is 0 Å². The number of methoxy groups -OCH3 is 1. The highest BCUT2D eigenvalue weighted by molar-refractivity contribution is 5.99. The summed E-state index contributed by atoms with van der Waals surface area (Å²) in [4.78, 5) is 23.9. The third-order valence-electron chi connectivity index (χ3n) is 2.51. The first-order valence-electron chi connectivity index (χ1n) is 5.60. The van der Waals surface area contributed by atoms with Crippen molar-refractivity contribution in [2.75, 3.05) is 32.6 Å². The quantitative estimate of drug-likeness (QED) is 0.865. The minimum atomic E-state index is -1.47. The van der Waals surface area contributed by atoms with Gasteiger partial charge in [0.05, 0.1) is 17.9 Å². The first-order chi connectivity index (χ1) is 9.36. The lowest BCUT2D eigenvalue weighted by molar-refractivity contribution is 0.0697. The van der Waals surface area contributed by atoms with Gasteiger partial charge in [0.25, 0.3) is 0 Å². The summed E-state index contributed by atoms with van der Waals surface area (Å²) >= 11 is 0. The molecule has 0 aliphatic rings. The highest BCUT2D eigenvalue weighted by Gasteiger charge is 2.18. The average Bonchev–Trinajstić information content (AvgIpc) is 2.39. The zero-order valence-electron chi connectivity index (χ0n) is 10.9. The lowest BCUT2D eigenvalue weighted by Gasteiger charge is -2.18. The fourth-order valence-electron chi connectivity index (χ4n) is 1.37. The molecule has 1 aromatic rings. The van der Waals surface area contributed by atoms with Gasteiger partial charge in [0, 0.05) is 26.8 Å². The van der Waals surface area contributed by atoms with Gasteiger partial charge in [-0.2, -0.15) is 0 Å². The Kier molecular flexibility index (Phi) is 5.39. The molecular formula is C12H14F2N2O4.